The highest BCUT2D eigenvalue weighted by Crippen LogP contribution is 2.29. The number of aryl methyl sites for hydroxylation is 1. The van der Waals surface area contributed by atoms with Crippen LogP contribution in [0, 0.1) is 17.0 Å². The van der Waals surface area contributed by atoms with Crippen molar-refractivity contribution < 1.29 is 14.5 Å². The standard InChI is InChI=1S/C32H32N2O4/c1-23-13-15-27(16-14-23)29(19-25-9-5-3-6-10-25)24(2)33-21-31(35)28-17-18-32(30(20-28)34(36)37)38-22-26-11-7-4-8-12-26/h3-18,20,24,29,33H,19,21-22H2,1-2H3. The molecule has 0 amide bonds. The molecule has 4 aromatic rings. The van der Waals surface area contributed by atoms with Crippen molar-refractivity contribution in [3.63, 3.8) is 0 Å². The minimum absolute atomic E-state index is 0.00896. The average molecular weight is 509 g/mol. The number of hydrogen-bond donors (Lipinski definition) is 1. The van der Waals surface area contributed by atoms with Gasteiger partial charge < -0.3 is 10.1 Å². The molecule has 2 unspecified atom stereocenters. The van der Waals surface area contributed by atoms with Crippen LogP contribution in [-0.2, 0) is 13.0 Å². The van der Waals surface area contributed by atoms with Gasteiger partial charge in [-0.2, -0.15) is 0 Å². The van der Waals surface area contributed by atoms with Gasteiger partial charge in [-0.15, -0.1) is 0 Å². The smallest absolute Gasteiger partial charge is 0.311 e. The molecule has 6 nitrogen and oxygen atoms in total. The van der Waals surface area contributed by atoms with Crippen LogP contribution in [0.1, 0.15) is 45.5 Å². The number of benzene rings is 4. The minimum Gasteiger partial charge on any atom is -0.482 e. The van der Waals surface area contributed by atoms with Gasteiger partial charge in [0, 0.05) is 23.6 Å². The molecule has 0 aliphatic heterocycles. The quantitative estimate of drug-likeness (QED) is 0.131. The molecular formula is C32H32N2O4. The maximum atomic E-state index is 13.1. The first-order valence-electron chi connectivity index (χ1n) is 12.7. The van der Waals surface area contributed by atoms with E-state index in [9.17, 15) is 14.9 Å². The number of rotatable bonds is 12. The van der Waals surface area contributed by atoms with Crippen molar-refractivity contribution in [2.45, 2.75) is 38.8 Å². The van der Waals surface area contributed by atoms with E-state index in [0.717, 1.165) is 12.0 Å². The maximum absolute atomic E-state index is 13.1. The number of ketones is 1. The van der Waals surface area contributed by atoms with E-state index < -0.39 is 4.92 Å². The molecule has 4 rings (SSSR count). The second-order valence-electron chi connectivity index (χ2n) is 9.51. The largest absolute Gasteiger partial charge is 0.482 e. The molecule has 1 N–H and O–H groups in total. The topological polar surface area (TPSA) is 81.5 Å². The first kappa shape index (κ1) is 26.8. The van der Waals surface area contributed by atoms with Gasteiger partial charge in [0.05, 0.1) is 11.5 Å². The number of nitro groups is 1. The summed E-state index contributed by atoms with van der Waals surface area (Å²) in [5.74, 6) is 0.0739. The number of Topliss-reactive ketones (excluding diaryl/α,β-unsaturated/α-hetero) is 1. The summed E-state index contributed by atoms with van der Waals surface area (Å²) in [5, 5.41) is 15.1. The fourth-order valence-electron chi connectivity index (χ4n) is 4.45. The molecule has 0 saturated carbocycles. The molecule has 0 fully saturated rings. The van der Waals surface area contributed by atoms with Gasteiger partial charge in [-0.25, -0.2) is 0 Å². The molecule has 0 radical (unpaired) electrons. The molecule has 194 valence electrons. The molecule has 0 aliphatic carbocycles. The average Bonchev–Trinajstić information content (AvgIpc) is 2.95. The van der Waals surface area contributed by atoms with Gasteiger partial charge in [0.15, 0.2) is 11.5 Å². The lowest BCUT2D eigenvalue weighted by atomic mass is 9.86. The van der Waals surface area contributed by atoms with Crippen molar-refractivity contribution in [3.8, 4) is 5.75 Å². The fraction of sp³-hybridized carbons (Fsp3) is 0.219. The summed E-state index contributed by atoms with van der Waals surface area (Å²) in [6, 6.07) is 32.6. The van der Waals surface area contributed by atoms with Crippen LogP contribution < -0.4 is 10.1 Å². The van der Waals surface area contributed by atoms with Crippen molar-refractivity contribution in [1.82, 2.24) is 5.32 Å². The molecule has 0 saturated heterocycles. The van der Waals surface area contributed by atoms with E-state index in [-0.39, 0.29) is 47.9 Å². The minimum atomic E-state index is -0.513. The molecule has 0 spiro atoms. The van der Waals surface area contributed by atoms with Crippen molar-refractivity contribution in [3.05, 3.63) is 141 Å². The monoisotopic (exact) mass is 508 g/mol. The van der Waals surface area contributed by atoms with E-state index in [1.54, 1.807) is 6.07 Å². The molecular weight excluding hydrogens is 476 g/mol. The first-order chi connectivity index (χ1) is 18.4. The second kappa shape index (κ2) is 12.8. The van der Waals surface area contributed by atoms with E-state index >= 15 is 0 Å². The third-order valence-corrected chi connectivity index (χ3v) is 6.71. The number of nitrogens with one attached hydrogen (secondary N) is 1. The Kier molecular flexibility index (Phi) is 9.01. The zero-order valence-corrected chi connectivity index (χ0v) is 21.7. The highest BCUT2D eigenvalue weighted by atomic mass is 16.6. The Morgan fingerprint density at radius 3 is 2.16 bits per heavy atom. The molecule has 38 heavy (non-hydrogen) atoms. The van der Waals surface area contributed by atoms with Crippen LogP contribution in [0.5, 0.6) is 5.75 Å². The number of carbonyl (C=O) groups excluding carboxylic acids is 1. The molecule has 6 heteroatoms. The van der Waals surface area contributed by atoms with Crippen LogP contribution in [-0.4, -0.2) is 23.3 Å². The summed E-state index contributed by atoms with van der Waals surface area (Å²) in [4.78, 5) is 24.3. The van der Waals surface area contributed by atoms with Crippen molar-refractivity contribution >= 4 is 11.5 Å². The van der Waals surface area contributed by atoms with Crippen molar-refractivity contribution in [1.29, 1.82) is 0 Å². The third kappa shape index (κ3) is 7.14. The Hall–Kier alpha value is -4.29. The molecule has 0 bridgehead atoms. The van der Waals surface area contributed by atoms with Crippen LogP contribution >= 0.6 is 0 Å². The van der Waals surface area contributed by atoms with Gasteiger partial charge in [-0.1, -0.05) is 90.5 Å². The number of hydrogen-bond acceptors (Lipinski definition) is 5. The predicted molar refractivity (Wildman–Crippen MR) is 150 cm³/mol. The summed E-state index contributed by atoms with van der Waals surface area (Å²) in [6.07, 6.45) is 0.825. The summed E-state index contributed by atoms with van der Waals surface area (Å²) in [5.41, 5.74) is 4.57. The van der Waals surface area contributed by atoms with E-state index in [1.807, 2.05) is 48.5 Å². The zero-order valence-electron chi connectivity index (χ0n) is 21.7. The van der Waals surface area contributed by atoms with Crippen LogP contribution in [0.3, 0.4) is 0 Å². The second-order valence-corrected chi connectivity index (χ2v) is 9.51. The Labute approximate surface area is 223 Å². The van der Waals surface area contributed by atoms with Gasteiger partial charge in [0.1, 0.15) is 6.61 Å². The first-order valence-corrected chi connectivity index (χ1v) is 12.7. The molecule has 0 aromatic heterocycles. The predicted octanol–water partition coefficient (Wildman–Crippen LogP) is 6.67. The lowest BCUT2D eigenvalue weighted by Crippen LogP contribution is -2.37. The van der Waals surface area contributed by atoms with Gasteiger partial charge in [0.2, 0.25) is 0 Å². The van der Waals surface area contributed by atoms with E-state index in [4.69, 9.17) is 4.74 Å². The zero-order chi connectivity index (χ0) is 26.9. The van der Waals surface area contributed by atoms with Gasteiger partial charge in [-0.3, -0.25) is 14.9 Å². The van der Waals surface area contributed by atoms with Gasteiger partial charge in [-0.05, 0) is 49.1 Å². The lowest BCUT2D eigenvalue weighted by molar-refractivity contribution is -0.386. The summed E-state index contributed by atoms with van der Waals surface area (Å²) < 4.78 is 5.69. The third-order valence-electron chi connectivity index (χ3n) is 6.71. The Bertz CT molecular complexity index is 1360. The maximum Gasteiger partial charge on any atom is 0.311 e. The fourth-order valence-corrected chi connectivity index (χ4v) is 4.45. The molecule has 4 aromatic carbocycles. The number of carbonyl (C=O) groups is 1. The SMILES string of the molecule is Cc1ccc(C(Cc2ccccc2)C(C)NCC(=O)c2ccc(OCc3ccccc3)c([N+](=O)[O-])c2)cc1. The summed E-state index contributed by atoms with van der Waals surface area (Å²) in [6.45, 7) is 4.41. The number of nitrogens with zero attached hydrogens (tertiary/aromatic N) is 1. The molecule has 0 heterocycles. The normalized spacial score (nSPS) is 12.5. The Morgan fingerprint density at radius 2 is 1.53 bits per heavy atom. The van der Waals surface area contributed by atoms with E-state index in [2.05, 4.69) is 55.6 Å². The van der Waals surface area contributed by atoms with Crippen molar-refractivity contribution in [2.75, 3.05) is 6.54 Å². The summed E-state index contributed by atoms with van der Waals surface area (Å²) >= 11 is 0. The lowest BCUT2D eigenvalue weighted by Gasteiger charge is -2.26. The number of nitro benzene ring substituents is 1. The Morgan fingerprint density at radius 1 is 0.895 bits per heavy atom. The Balaban J connectivity index is 1.45. The van der Waals surface area contributed by atoms with Crippen LogP contribution in [0.4, 0.5) is 5.69 Å². The highest BCUT2D eigenvalue weighted by Gasteiger charge is 2.23. The summed E-state index contributed by atoms with van der Waals surface area (Å²) in [7, 11) is 0. The molecule has 2 atom stereocenters. The number of ether oxygens (including phenoxy) is 1. The van der Waals surface area contributed by atoms with Crippen LogP contribution in [0.2, 0.25) is 0 Å². The van der Waals surface area contributed by atoms with E-state index in [0.29, 0.717) is 0 Å². The van der Waals surface area contributed by atoms with Gasteiger partial charge >= 0.3 is 5.69 Å². The highest BCUT2D eigenvalue weighted by molar-refractivity contribution is 5.98. The van der Waals surface area contributed by atoms with Crippen LogP contribution in [0.15, 0.2) is 103 Å². The van der Waals surface area contributed by atoms with E-state index in [1.165, 1.54) is 28.8 Å². The van der Waals surface area contributed by atoms with Gasteiger partial charge in [0.25, 0.3) is 0 Å². The molecule has 0 aliphatic rings. The van der Waals surface area contributed by atoms with Crippen LogP contribution in [0.25, 0.3) is 0 Å². The van der Waals surface area contributed by atoms with Crippen molar-refractivity contribution in [2.24, 2.45) is 0 Å².